The molecule has 8 nitrogen and oxygen atoms in total. The number of amides is 1. The van der Waals surface area contributed by atoms with Crippen molar-refractivity contribution in [3.05, 3.63) is 59.7 Å². The average Bonchev–Trinajstić information content (AvgIpc) is 3.35. The third-order valence-electron chi connectivity index (χ3n) is 4.04. The molecular formula is C20H15F3N4O4S. The summed E-state index contributed by atoms with van der Waals surface area (Å²) < 4.78 is 52.7. The second kappa shape index (κ2) is 8.83. The number of nitrogens with zero attached hydrogens (tertiary/aromatic N) is 3. The molecule has 0 saturated heterocycles. The summed E-state index contributed by atoms with van der Waals surface area (Å²) in [6, 6.07) is 10.8. The highest BCUT2D eigenvalue weighted by Gasteiger charge is 2.28. The highest BCUT2D eigenvalue weighted by Crippen LogP contribution is 2.30. The van der Waals surface area contributed by atoms with E-state index in [2.05, 4.69) is 20.4 Å². The van der Waals surface area contributed by atoms with Crippen LogP contribution in [0.15, 0.2) is 47.0 Å². The Morgan fingerprint density at radius 3 is 2.53 bits per heavy atom. The molecule has 0 saturated carbocycles. The summed E-state index contributed by atoms with van der Waals surface area (Å²) >= 11 is 1.13. The van der Waals surface area contributed by atoms with Gasteiger partial charge in [0, 0.05) is 12.5 Å². The molecule has 0 aliphatic heterocycles. The molecule has 0 fully saturated rings. The number of benzene rings is 2. The van der Waals surface area contributed by atoms with E-state index in [0.717, 1.165) is 11.3 Å². The van der Waals surface area contributed by atoms with Gasteiger partial charge in [0.2, 0.25) is 11.7 Å². The minimum Gasteiger partial charge on any atom is -0.485 e. The lowest BCUT2D eigenvalue weighted by Gasteiger charge is -2.08. The molecule has 32 heavy (non-hydrogen) atoms. The fourth-order valence-electron chi connectivity index (χ4n) is 2.63. The number of carbonyl (C=O) groups is 1. The van der Waals surface area contributed by atoms with E-state index in [1.54, 1.807) is 31.2 Å². The number of hydrogen-bond acceptors (Lipinski definition) is 8. The summed E-state index contributed by atoms with van der Waals surface area (Å²) in [4.78, 5) is 20.8. The van der Waals surface area contributed by atoms with Gasteiger partial charge in [-0.05, 0) is 42.5 Å². The van der Waals surface area contributed by atoms with Gasteiger partial charge < -0.3 is 14.0 Å². The lowest BCUT2D eigenvalue weighted by molar-refractivity contribution is -0.153. The van der Waals surface area contributed by atoms with Gasteiger partial charge in [-0.15, -0.1) is 0 Å². The van der Waals surface area contributed by atoms with Gasteiger partial charge in [0.1, 0.15) is 11.5 Å². The number of ether oxygens (including phenoxy) is 2. The Hall–Kier alpha value is -3.67. The number of nitrogens with one attached hydrogen (secondary N) is 1. The fourth-order valence-corrected chi connectivity index (χ4v) is 3.52. The normalized spacial score (nSPS) is 11.5. The van der Waals surface area contributed by atoms with E-state index in [1.807, 2.05) is 0 Å². The molecule has 0 radical (unpaired) electrons. The van der Waals surface area contributed by atoms with Crippen molar-refractivity contribution in [3.8, 4) is 11.5 Å². The number of thiazole rings is 1. The van der Waals surface area contributed by atoms with E-state index in [-0.39, 0.29) is 12.4 Å². The molecule has 4 rings (SSSR count). The predicted octanol–water partition coefficient (Wildman–Crippen LogP) is 4.76. The Labute approximate surface area is 183 Å². The molecule has 4 aromatic rings. The van der Waals surface area contributed by atoms with E-state index in [0.29, 0.717) is 38.4 Å². The van der Waals surface area contributed by atoms with Crippen LogP contribution >= 0.6 is 11.3 Å². The van der Waals surface area contributed by atoms with Crippen LogP contribution in [0, 0.1) is 6.92 Å². The van der Waals surface area contributed by atoms with Crippen LogP contribution in [0.5, 0.6) is 11.5 Å². The Kier molecular flexibility index (Phi) is 5.95. The fraction of sp³-hybridized carbons (Fsp3) is 0.200. The molecule has 0 bridgehead atoms. The summed E-state index contributed by atoms with van der Waals surface area (Å²) in [5, 5.41) is 6.72. The van der Waals surface area contributed by atoms with E-state index in [4.69, 9.17) is 14.0 Å². The van der Waals surface area contributed by atoms with Gasteiger partial charge in [-0.1, -0.05) is 16.5 Å². The summed E-state index contributed by atoms with van der Waals surface area (Å²) in [5.74, 6) is 1.05. The Balaban J connectivity index is 1.37. The van der Waals surface area contributed by atoms with Gasteiger partial charge >= 0.3 is 6.18 Å². The van der Waals surface area contributed by atoms with Crippen LogP contribution in [0.4, 0.5) is 18.3 Å². The van der Waals surface area contributed by atoms with Crippen LogP contribution in [-0.2, 0) is 6.61 Å². The lowest BCUT2D eigenvalue weighted by Crippen LogP contribution is -2.19. The van der Waals surface area contributed by atoms with Crippen molar-refractivity contribution in [2.45, 2.75) is 19.7 Å². The smallest absolute Gasteiger partial charge is 0.422 e. The number of alkyl halides is 3. The van der Waals surface area contributed by atoms with E-state index < -0.39 is 18.7 Å². The van der Waals surface area contributed by atoms with Crippen LogP contribution < -0.4 is 14.8 Å². The number of anilines is 1. The molecule has 166 valence electrons. The number of rotatable bonds is 7. The van der Waals surface area contributed by atoms with Gasteiger partial charge in [0.15, 0.2) is 18.3 Å². The highest BCUT2D eigenvalue weighted by molar-refractivity contribution is 7.22. The van der Waals surface area contributed by atoms with Crippen molar-refractivity contribution >= 4 is 32.6 Å². The number of halogens is 3. The molecule has 12 heteroatoms. The molecule has 0 spiro atoms. The maximum Gasteiger partial charge on any atom is 0.422 e. The predicted molar refractivity (Wildman–Crippen MR) is 109 cm³/mol. The molecule has 2 aromatic carbocycles. The van der Waals surface area contributed by atoms with Crippen molar-refractivity contribution < 1.29 is 32.0 Å². The minimum absolute atomic E-state index is 0.0721. The van der Waals surface area contributed by atoms with Crippen LogP contribution in [-0.4, -0.2) is 33.8 Å². The maximum atomic E-state index is 12.5. The first kappa shape index (κ1) is 21.6. The van der Waals surface area contributed by atoms with Crippen LogP contribution in [0.3, 0.4) is 0 Å². The molecule has 0 unspecified atom stereocenters. The minimum atomic E-state index is -4.42. The van der Waals surface area contributed by atoms with Gasteiger partial charge in [-0.3, -0.25) is 10.1 Å². The molecule has 0 aliphatic carbocycles. The monoisotopic (exact) mass is 464 g/mol. The van der Waals surface area contributed by atoms with E-state index in [1.165, 1.54) is 18.2 Å². The van der Waals surface area contributed by atoms with Crippen LogP contribution in [0.2, 0.25) is 0 Å². The van der Waals surface area contributed by atoms with Crippen LogP contribution in [0.25, 0.3) is 10.2 Å². The van der Waals surface area contributed by atoms with Gasteiger partial charge in [-0.25, -0.2) is 4.98 Å². The first-order valence-electron chi connectivity index (χ1n) is 9.19. The number of aryl methyl sites for hydroxylation is 1. The summed E-state index contributed by atoms with van der Waals surface area (Å²) in [7, 11) is 0. The zero-order valence-corrected chi connectivity index (χ0v) is 17.3. The molecule has 1 N–H and O–H groups in total. The van der Waals surface area contributed by atoms with Crippen molar-refractivity contribution in [1.29, 1.82) is 0 Å². The molecular weight excluding hydrogens is 449 g/mol. The zero-order valence-electron chi connectivity index (χ0n) is 16.5. The third kappa shape index (κ3) is 5.52. The van der Waals surface area contributed by atoms with E-state index in [9.17, 15) is 18.0 Å². The molecule has 1 amide bonds. The second-order valence-electron chi connectivity index (χ2n) is 6.55. The Morgan fingerprint density at radius 1 is 1.09 bits per heavy atom. The number of aromatic nitrogens is 3. The molecule has 0 atom stereocenters. The standard InChI is InChI=1S/C20H15F3N4O4S/c1-11-24-17(27-31-11)9-29-13-4-2-12(3-5-13)18(28)26-19-25-15-7-6-14(8-16(15)32-19)30-10-20(21,22)23/h2-8H,9-10H2,1H3,(H,25,26,28). The molecule has 2 heterocycles. The number of fused-ring (bicyclic) bond motifs is 1. The van der Waals surface area contributed by atoms with E-state index >= 15 is 0 Å². The summed E-state index contributed by atoms with van der Waals surface area (Å²) in [6.45, 7) is 0.425. The van der Waals surface area contributed by atoms with Crippen molar-refractivity contribution in [2.75, 3.05) is 11.9 Å². The SMILES string of the molecule is Cc1nc(COc2ccc(C(=O)Nc3nc4ccc(OCC(F)(F)F)cc4s3)cc2)no1. The highest BCUT2D eigenvalue weighted by atomic mass is 32.1. The number of hydrogen-bond donors (Lipinski definition) is 1. The maximum absolute atomic E-state index is 12.5. The zero-order chi connectivity index (χ0) is 22.7. The third-order valence-corrected chi connectivity index (χ3v) is 4.97. The van der Waals surface area contributed by atoms with Gasteiger partial charge in [-0.2, -0.15) is 18.2 Å². The average molecular weight is 464 g/mol. The largest absolute Gasteiger partial charge is 0.485 e. The summed E-state index contributed by atoms with van der Waals surface area (Å²) in [5.41, 5.74) is 0.909. The number of carbonyl (C=O) groups excluding carboxylic acids is 1. The lowest BCUT2D eigenvalue weighted by atomic mass is 10.2. The van der Waals surface area contributed by atoms with Crippen molar-refractivity contribution in [2.24, 2.45) is 0 Å². The Morgan fingerprint density at radius 2 is 1.84 bits per heavy atom. The molecule has 2 aromatic heterocycles. The van der Waals surface area contributed by atoms with Gasteiger partial charge in [0.05, 0.1) is 10.2 Å². The quantitative estimate of drug-likeness (QED) is 0.421. The first-order chi connectivity index (χ1) is 15.2. The summed E-state index contributed by atoms with van der Waals surface area (Å²) in [6.07, 6.45) is -4.42. The first-order valence-corrected chi connectivity index (χ1v) is 10.0. The van der Waals surface area contributed by atoms with Gasteiger partial charge in [0.25, 0.3) is 5.91 Å². The van der Waals surface area contributed by atoms with Crippen molar-refractivity contribution in [1.82, 2.24) is 15.1 Å². The van der Waals surface area contributed by atoms with Crippen LogP contribution in [0.1, 0.15) is 22.1 Å². The Bertz CT molecular complexity index is 1240. The molecule has 0 aliphatic rings. The van der Waals surface area contributed by atoms with Crippen molar-refractivity contribution in [3.63, 3.8) is 0 Å². The topological polar surface area (TPSA) is 99.4 Å². The second-order valence-corrected chi connectivity index (χ2v) is 7.58.